The van der Waals surface area contributed by atoms with E-state index in [1.165, 1.54) is 12.8 Å². The Hall–Kier alpha value is -1.38. The van der Waals surface area contributed by atoms with Crippen LogP contribution < -0.4 is 9.47 Å². The minimum Gasteiger partial charge on any atom is -0.508 e. The van der Waals surface area contributed by atoms with Crippen molar-refractivity contribution in [3.8, 4) is 17.2 Å². The van der Waals surface area contributed by atoms with Crippen molar-refractivity contribution in [2.45, 2.75) is 32.6 Å². The fraction of sp³-hybridized carbons (Fsp3) is 0.500. The predicted octanol–water partition coefficient (Wildman–Crippen LogP) is 2.85. The quantitative estimate of drug-likeness (QED) is 0.773. The Kier molecular flexibility index (Phi) is 2.99. The van der Waals surface area contributed by atoms with Gasteiger partial charge in [-0.15, -0.1) is 0 Å². The van der Waals surface area contributed by atoms with E-state index in [1.54, 1.807) is 6.07 Å². The molecule has 82 valence electrons. The fourth-order valence-electron chi connectivity index (χ4n) is 1.74. The molecule has 0 radical (unpaired) electrons. The molecule has 0 saturated carbocycles. The number of rotatable bonds is 4. The van der Waals surface area contributed by atoms with Gasteiger partial charge in [-0.2, -0.15) is 0 Å². The molecule has 0 aromatic heterocycles. The lowest BCUT2D eigenvalue weighted by Crippen LogP contribution is -1.92. The van der Waals surface area contributed by atoms with E-state index in [9.17, 15) is 5.11 Å². The molecule has 1 aliphatic rings. The summed E-state index contributed by atoms with van der Waals surface area (Å²) in [5, 5.41) is 9.74. The molecule has 0 bridgehead atoms. The third kappa shape index (κ3) is 2.17. The van der Waals surface area contributed by atoms with Crippen molar-refractivity contribution in [2.75, 3.05) is 6.79 Å². The van der Waals surface area contributed by atoms with E-state index in [0.717, 1.165) is 24.2 Å². The first-order chi connectivity index (χ1) is 7.31. The van der Waals surface area contributed by atoms with Crippen LogP contribution in [-0.2, 0) is 6.42 Å². The van der Waals surface area contributed by atoms with Gasteiger partial charge in [-0.3, -0.25) is 0 Å². The lowest BCUT2D eigenvalue weighted by atomic mass is 10.1. The smallest absolute Gasteiger partial charge is 0.231 e. The summed E-state index contributed by atoms with van der Waals surface area (Å²) in [6, 6.07) is 3.52. The Morgan fingerprint density at radius 2 is 1.93 bits per heavy atom. The lowest BCUT2D eigenvalue weighted by Gasteiger charge is -2.05. The number of phenolic OH excluding ortho intramolecular Hbond substituents is 1. The monoisotopic (exact) mass is 208 g/mol. The molecule has 1 N–H and O–H groups in total. The van der Waals surface area contributed by atoms with E-state index in [-0.39, 0.29) is 6.79 Å². The normalized spacial score (nSPS) is 13.1. The molecule has 0 amide bonds. The molecule has 0 aliphatic carbocycles. The van der Waals surface area contributed by atoms with Crippen molar-refractivity contribution in [2.24, 2.45) is 0 Å². The van der Waals surface area contributed by atoms with Crippen LogP contribution >= 0.6 is 0 Å². The third-order valence-electron chi connectivity index (χ3n) is 2.62. The molecule has 0 spiro atoms. The van der Waals surface area contributed by atoms with Crippen LogP contribution in [-0.4, -0.2) is 11.9 Å². The Morgan fingerprint density at radius 1 is 1.20 bits per heavy atom. The molecule has 2 rings (SSSR count). The molecular formula is C12H16O3. The van der Waals surface area contributed by atoms with Gasteiger partial charge in [0, 0.05) is 6.07 Å². The molecule has 0 fully saturated rings. The van der Waals surface area contributed by atoms with Crippen molar-refractivity contribution in [1.29, 1.82) is 0 Å². The maximum Gasteiger partial charge on any atom is 0.231 e. The minimum atomic E-state index is 0.257. The van der Waals surface area contributed by atoms with Gasteiger partial charge < -0.3 is 14.6 Å². The summed E-state index contributed by atoms with van der Waals surface area (Å²) < 4.78 is 10.4. The van der Waals surface area contributed by atoms with Crippen molar-refractivity contribution < 1.29 is 14.6 Å². The summed E-state index contributed by atoms with van der Waals surface area (Å²) in [5.74, 6) is 1.71. The van der Waals surface area contributed by atoms with Gasteiger partial charge in [0.1, 0.15) is 5.75 Å². The van der Waals surface area contributed by atoms with Gasteiger partial charge in [0.2, 0.25) is 6.79 Å². The van der Waals surface area contributed by atoms with E-state index in [0.29, 0.717) is 11.5 Å². The molecular weight excluding hydrogens is 192 g/mol. The second-order valence-corrected chi connectivity index (χ2v) is 3.79. The first-order valence-corrected chi connectivity index (χ1v) is 5.42. The molecule has 3 nitrogen and oxygen atoms in total. The number of aryl methyl sites for hydroxylation is 1. The van der Waals surface area contributed by atoms with Gasteiger partial charge in [-0.05, 0) is 24.5 Å². The molecule has 15 heavy (non-hydrogen) atoms. The van der Waals surface area contributed by atoms with E-state index < -0.39 is 0 Å². The van der Waals surface area contributed by atoms with E-state index >= 15 is 0 Å². The van der Waals surface area contributed by atoms with Gasteiger partial charge in [-0.1, -0.05) is 19.8 Å². The van der Waals surface area contributed by atoms with Crippen LogP contribution in [0.1, 0.15) is 31.7 Å². The summed E-state index contributed by atoms with van der Waals surface area (Å²) in [7, 11) is 0. The van der Waals surface area contributed by atoms with Crippen LogP contribution in [0.25, 0.3) is 0 Å². The molecule has 3 heteroatoms. The maximum atomic E-state index is 9.74. The zero-order chi connectivity index (χ0) is 10.7. The maximum absolute atomic E-state index is 9.74. The van der Waals surface area contributed by atoms with Crippen LogP contribution in [0.15, 0.2) is 12.1 Å². The van der Waals surface area contributed by atoms with Crippen molar-refractivity contribution >= 4 is 0 Å². The van der Waals surface area contributed by atoms with Crippen molar-refractivity contribution in [3.05, 3.63) is 17.7 Å². The van der Waals surface area contributed by atoms with Crippen LogP contribution in [0.3, 0.4) is 0 Å². The van der Waals surface area contributed by atoms with Crippen molar-refractivity contribution in [1.82, 2.24) is 0 Å². The number of ether oxygens (including phenoxy) is 2. The zero-order valence-corrected chi connectivity index (χ0v) is 8.95. The topological polar surface area (TPSA) is 38.7 Å². The summed E-state index contributed by atoms with van der Waals surface area (Å²) in [6.07, 6.45) is 4.37. The van der Waals surface area contributed by atoms with E-state index in [1.807, 2.05) is 6.07 Å². The number of hydrogen-bond donors (Lipinski definition) is 1. The summed E-state index contributed by atoms with van der Waals surface area (Å²) >= 11 is 0. The average Bonchev–Trinajstić information content (AvgIpc) is 2.65. The molecule has 1 heterocycles. The first kappa shape index (κ1) is 10.1. The second kappa shape index (κ2) is 4.43. The van der Waals surface area contributed by atoms with Crippen LogP contribution in [0.2, 0.25) is 0 Å². The van der Waals surface area contributed by atoms with Crippen LogP contribution in [0.5, 0.6) is 17.2 Å². The number of unbranched alkanes of at least 4 members (excludes halogenated alkanes) is 2. The SMILES string of the molecule is CCCCCc1cc2c(cc1O)OCO2. The first-order valence-electron chi connectivity index (χ1n) is 5.42. The molecule has 1 aromatic carbocycles. The van der Waals surface area contributed by atoms with Gasteiger partial charge in [0.05, 0.1) is 0 Å². The molecule has 1 aromatic rings. The predicted molar refractivity (Wildman–Crippen MR) is 57.5 cm³/mol. The second-order valence-electron chi connectivity index (χ2n) is 3.79. The van der Waals surface area contributed by atoms with Crippen LogP contribution in [0, 0.1) is 0 Å². The van der Waals surface area contributed by atoms with Crippen LogP contribution in [0.4, 0.5) is 0 Å². The third-order valence-corrected chi connectivity index (χ3v) is 2.62. The standard InChI is InChI=1S/C12H16O3/c1-2-3-4-5-9-6-11-12(7-10(9)13)15-8-14-11/h6-7,13H,2-5,8H2,1H3. The highest BCUT2D eigenvalue weighted by atomic mass is 16.7. The van der Waals surface area contributed by atoms with Gasteiger partial charge in [0.25, 0.3) is 0 Å². The number of hydrogen-bond acceptors (Lipinski definition) is 3. The van der Waals surface area contributed by atoms with E-state index in [4.69, 9.17) is 9.47 Å². The highest BCUT2D eigenvalue weighted by Gasteiger charge is 2.16. The molecule has 0 atom stereocenters. The molecule has 0 unspecified atom stereocenters. The zero-order valence-electron chi connectivity index (χ0n) is 8.95. The highest BCUT2D eigenvalue weighted by Crippen LogP contribution is 2.38. The Bertz CT molecular complexity index is 347. The van der Waals surface area contributed by atoms with Crippen molar-refractivity contribution in [3.63, 3.8) is 0 Å². The molecule has 0 saturated heterocycles. The van der Waals surface area contributed by atoms with Gasteiger partial charge >= 0.3 is 0 Å². The van der Waals surface area contributed by atoms with E-state index in [2.05, 4.69) is 6.92 Å². The highest BCUT2D eigenvalue weighted by molar-refractivity contribution is 5.51. The summed E-state index contributed by atoms with van der Waals surface area (Å²) in [6.45, 7) is 2.42. The number of benzene rings is 1. The largest absolute Gasteiger partial charge is 0.508 e. The summed E-state index contributed by atoms with van der Waals surface area (Å²) in [5.41, 5.74) is 0.952. The number of fused-ring (bicyclic) bond motifs is 1. The number of phenols is 1. The van der Waals surface area contributed by atoms with Gasteiger partial charge in [-0.25, -0.2) is 0 Å². The molecule has 1 aliphatic heterocycles. The Labute approximate surface area is 89.6 Å². The summed E-state index contributed by atoms with van der Waals surface area (Å²) in [4.78, 5) is 0. The van der Waals surface area contributed by atoms with Gasteiger partial charge in [0.15, 0.2) is 11.5 Å². The minimum absolute atomic E-state index is 0.257. The Morgan fingerprint density at radius 3 is 2.67 bits per heavy atom. The fourth-order valence-corrected chi connectivity index (χ4v) is 1.74. The number of aromatic hydroxyl groups is 1. The lowest BCUT2D eigenvalue weighted by molar-refractivity contribution is 0.174. The Balaban J connectivity index is 2.10. The average molecular weight is 208 g/mol.